The number of anilines is 1. The molecular weight excluding hydrogens is 242 g/mol. The molecule has 1 aromatic rings. The molecule has 1 saturated carbocycles. The van der Waals surface area contributed by atoms with E-state index in [1.807, 2.05) is 32.9 Å². The van der Waals surface area contributed by atoms with Crippen molar-refractivity contribution < 1.29 is 14.3 Å². The van der Waals surface area contributed by atoms with Gasteiger partial charge in [0.05, 0.1) is 5.92 Å². The van der Waals surface area contributed by atoms with Crippen molar-refractivity contribution in [1.29, 1.82) is 0 Å². The van der Waals surface area contributed by atoms with Crippen molar-refractivity contribution in [3.05, 3.63) is 24.3 Å². The van der Waals surface area contributed by atoms with Gasteiger partial charge in [0.2, 0.25) is 0 Å². The predicted molar refractivity (Wildman–Crippen MR) is 73.8 cm³/mol. The van der Waals surface area contributed by atoms with Crippen LogP contribution in [-0.4, -0.2) is 17.7 Å². The van der Waals surface area contributed by atoms with Gasteiger partial charge in [-0.3, -0.25) is 4.79 Å². The van der Waals surface area contributed by atoms with E-state index in [0.717, 1.165) is 18.6 Å². The Hall–Kier alpha value is -1.71. The summed E-state index contributed by atoms with van der Waals surface area (Å²) in [6, 6.07) is 7.30. The van der Waals surface area contributed by atoms with Crippen molar-refractivity contribution in [3.8, 4) is 5.75 Å². The number of nitrogens with two attached hydrogens (primary N) is 1. The van der Waals surface area contributed by atoms with Crippen LogP contribution in [0.25, 0.3) is 0 Å². The zero-order chi connectivity index (χ0) is 14.0. The van der Waals surface area contributed by atoms with Crippen LogP contribution in [0.3, 0.4) is 0 Å². The van der Waals surface area contributed by atoms with E-state index >= 15 is 0 Å². The Morgan fingerprint density at radius 3 is 2.32 bits per heavy atom. The van der Waals surface area contributed by atoms with Crippen molar-refractivity contribution in [2.24, 2.45) is 5.92 Å². The Kier molecular flexibility index (Phi) is 3.69. The van der Waals surface area contributed by atoms with Crippen LogP contribution in [0.1, 0.15) is 33.6 Å². The van der Waals surface area contributed by atoms with E-state index in [4.69, 9.17) is 15.2 Å². The van der Waals surface area contributed by atoms with Crippen molar-refractivity contribution >= 4 is 11.7 Å². The lowest BCUT2D eigenvalue weighted by Gasteiger charge is -2.35. The van der Waals surface area contributed by atoms with E-state index in [2.05, 4.69) is 0 Å². The first kappa shape index (κ1) is 13.7. The van der Waals surface area contributed by atoms with Crippen LogP contribution in [-0.2, 0) is 9.53 Å². The smallest absolute Gasteiger partial charge is 0.309 e. The first-order chi connectivity index (χ1) is 8.83. The fourth-order valence-electron chi connectivity index (χ4n) is 1.98. The van der Waals surface area contributed by atoms with Crippen LogP contribution in [0.15, 0.2) is 24.3 Å². The average Bonchev–Trinajstić information content (AvgIpc) is 2.22. The van der Waals surface area contributed by atoms with Crippen molar-refractivity contribution in [3.63, 3.8) is 0 Å². The third-order valence-electron chi connectivity index (χ3n) is 3.02. The molecule has 19 heavy (non-hydrogen) atoms. The first-order valence-corrected chi connectivity index (χ1v) is 6.58. The highest BCUT2D eigenvalue weighted by Gasteiger charge is 2.38. The molecule has 2 N–H and O–H groups in total. The molecule has 0 atom stereocenters. The number of rotatable bonds is 3. The number of hydrogen-bond donors (Lipinski definition) is 1. The van der Waals surface area contributed by atoms with Crippen LogP contribution in [0.4, 0.5) is 5.69 Å². The average molecular weight is 263 g/mol. The highest BCUT2D eigenvalue weighted by atomic mass is 16.6. The fourth-order valence-corrected chi connectivity index (χ4v) is 1.98. The van der Waals surface area contributed by atoms with Crippen molar-refractivity contribution in [1.82, 2.24) is 0 Å². The number of hydrogen-bond acceptors (Lipinski definition) is 4. The Bertz CT molecular complexity index is 441. The fraction of sp³-hybridized carbons (Fsp3) is 0.533. The summed E-state index contributed by atoms with van der Waals surface area (Å²) in [6.07, 6.45) is 1.54. The molecule has 0 bridgehead atoms. The number of benzene rings is 1. The lowest BCUT2D eigenvalue weighted by atomic mass is 9.82. The van der Waals surface area contributed by atoms with Gasteiger partial charge in [0.25, 0.3) is 0 Å². The summed E-state index contributed by atoms with van der Waals surface area (Å²) in [6.45, 7) is 5.64. The summed E-state index contributed by atoms with van der Waals surface area (Å²) in [7, 11) is 0. The molecule has 0 aliphatic heterocycles. The summed E-state index contributed by atoms with van der Waals surface area (Å²) in [5.41, 5.74) is 5.91. The third kappa shape index (κ3) is 3.88. The summed E-state index contributed by atoms with van der Waals surface area (Å²) in [4.78, 5) is 11.8. The molecule has 4 heteroatoms. The SMILES string of the molecule is CC(C)(C)OC(=O)C1CC(Oc2ccc(N)cc2)C1. The van der Waals surface area contributed by atoms with E-state index in [1.54, 1.807) is 12.1 Å². The molecule has 1 aliphatic carbocycles. The number of carbonyl (C=O) groups excluding carboxylic acids is 1. The molecule has 0 aromatic heterocycles. The van der Waals surface area contributed by atoms with Gasteiger partial charge < -0.3 is 15.2 Å². The van der Waals surface area contributed by atoms with Gasteiger partial charge in [0.15, 0.2) is 0 Å². The topological polar surface area (TPSA) is 61.5 Å². The number of esters is 1. The van der Waals surface area contributed by atoms with Crippen LogP contribution in [0, 0.1) is 5.92 Å². The molecule has 0 saturated heterocycles. The molecule has 0 spiro atoms. The van der Waals surface area contributed by atoms with E-state index in [9.17, 15) is 4.79 Å². The van der Waals surface area contributed by atoms with E-state index in [0.29, 0.717) is 5.69 Å². The molecule has 0 amide bonds. The second-order valence-electron chi connectivity index (χ2n) is 6.01. The van der Waals surface area contributed by atoms with E-state index in [-0.39, 0.29) is 18.0 Å². The lowest BCUT2D eigenvalue weighted by molar-refractivity contribution is -0.166. The normalized spacial score (nSPS) is 22.5. The molecule has 1 aromatic carbocycles. The first-order valence-electron chi connectivity index (χ1n) is 6.58. The number of ether oxygens (including phenoxy) is 2. The third-order valence-corrected chi connectivity index (χ3v) is 3.02. The highest BCUT2D eigenvalue weighted by molar-refractivity contribution is 5.74. The standard InChI is InChI=1S/C15H21NO3/c1-15(2,3)19-14(17)10-8-13(9-10)18-12-6-4-11(16)5-7-12/h4-7,10,13H,8-9,16H2,1-3H3. The zero-order valence-corrected chi connectivity index (χ0v) is 11.7. The minimum absolute atomic E-state index is 0.0296. The predicted octanol–water partition coefficient (Wildman–Crippen LogP) is 2.77. The second kappa shape index (κ2) is 5.11. The van der Waals surface area contributed by atoms with Gasteiger partial charge in [-0.15, -0.1) is 0 Å². The molecule has 1 aliphatic rings. The van der Waals surface area contributed by atoms with Crippen molar-refractivity contribution in [2.45, 2.75) is 45.3 Å². The van der Waals surface area contributed by atoms with Crippen molar-refractivity contribution in [2.75, 3.05) is 5.73 Å². The van der Waals surface area contributed by atoms with Crippen LogP contribution in [0.2, 0.25) is 0 Å². The Morgan fingerprint density at radius 1 is 1.21 bits per heavy atom. The molecule has 4 nitrogen and oxygen atoms in total. The second-order valence-corrected chi connectivity index (χ2v) is 6.01. The number of nitrogen functional groups attached to an aromatic ring is 1. The largest absolute Gasteiger partial charge is 0.490 e. The van der Waals surface area contributed by atoms with Crippen LogP contribution >= 0.6 is 0 Å². The molecule has 0 radical (unpaired) electrons. The number of carbonyl (C=O) groups is 1. The summed E-state index contributed by atoms with van der Waals surface area (Å²) >= 11 is 0. The monoisotopic (exact) mass is 263 g/mol. The van der Waals surface area contributed by atoms with E-state index in [1.165, 1.54) is 0 Å². The van der Waals surface area contributed by atoms with Crippen LogP contribution < -0.4 is 10.5 Å². The minimum atomic E-state index is -0.417. The van der Waals surface area contributed by atoms with Gasteiger partial charge in [0.1, 0.15) is 17.5 Å². The Balaban J connectivity index is 1.77. The maximum Gasteiger partial charge on any atom is 0.309 e. The summed E-state index contributed by atoms with van der Waals surface area (Å²) in [5, 5.41) is 0. The molecule has 1 fully saturated rings. The summed E-state index contributed by atoms with van der Waals surface area (Å²) < 4.78 is 11.1. The quantitative estimate of drug-likeness (QED) is 0.673. The van der Waals surface area contributed by atoms with Gasteiger partial charge in [-0.05, 0) is 57.9 Å². The maximum atomic E-state index is 11.8. The summed E-state index contributed by atoms with van der Waals surface area (Å²) in [5.74, 6) is 0.643. The molecule has 0 heterocycles. The molecule has 2 rings (SSSR count). The zero-order valence-electron chi connectivity index (χ0n) is 11.7. The Labute approximate surface area is 113 Å². The van der Waals surface area contributed by atoms with E-state index < -0.39 is 5.60 Å². The molecule has 104 valence electrons. The van der Waals surface area contributed by atoms with Gasteiger partial charge in [-0.2, -0.15) is 0 Å². The lowest BCUT2D eigenvalue weighted by Crippen LogP contribution is -2.41. The Morgan fingerprint density at radius 2 is 1.79 bits per heavy atom. The highest BCUT2D eigenvalue weighted by Crippen LogP contribution is 2.33. The molecular formula is C15H21NO3. The maximum absolute atomic E-state index is 11.8. The van der Waals surface area contributed by atoms with Crippen LogP contribution in [0.5, 0.6) is 5.75 Å². The molecule has 0 unspecified atom stereocenters. The van der Waals surface area contributed by atoms with Gasteiger partial charge in [0, 0.05) is 5.69 Å². The van der Waals surface area contributed by atoms with Gasteiger partial charge in [-0.25, -0.2) is 0 Å². The minimum Gasteiger partial charge on any atom is -0.490 e. The van der Waals surface area contributed by atoms with Gasteiger partial charge >= 0.3 is 5.97 Å². The van der Waals surface area contributed by atoms with Gasteiger partial charge in [-0.1, -0.05) is 0 Å².